The Morgan fingerprint density at radius 1 is 0.871 bits per heavy atom. The van der Waals surface area contributed by atoms with Gasteiger partial charge in [0.15, 0.2) is 18.5 Å². The van der Waals surface area contributed by atoms with Crippen LogP contribution in [0.2, 0.25) is 0 Å². The van der Waals surface area contributed by atoms with Crippen LogP contribution in [0.15, 0.2) is 0 Å². The minimum absolute atomic E-state index is 2.42. The summed E-state index contributed by atoms with van der Waals surface area (Å²) in [6.45, 7) is 0. The molecule has 1 fully saturated rings. The average molecular weight is 522 g/mol. The molecule has 1 aliphatic heterocycles. The minimum atomic E-state index is -7.03. The van der Waals surface area contributed by atoms with Crippen molar-refractivity contribution in [1.29, 1.82) is 0 Å². The molecule has 1 saturated heterocycles. The third-order valence-corrected chi connectivity index (χ3v) is 4.14. The molecule has 1 heterocycles. The van der Waals surface area contributed by atoms with Gasteiger partial charge in [-0.05, 0) is 0 Å². The Hall–Kier alpha value is -1.40. The fourth-order valence-electron chi connectivity index (χ4n) is 2.00. The second-order valence-corrected chi connectivity index (χ2v) is 7.53. The Bertz CT molecular complexity index is 885. The van der Waals surface area contributed by atoms with Crippen molar-refractivity contribution in [3.8, 4) is 0 Å². The molecule has 31 heavy (non-hydrogen) atoms. The first-order valence-corrected chi connectivity index (χ1v) is 9.61. The van der Waals surface area contributed by atoms with Crippen molar-refractivity contribution in [3.63, 3.8) is 0 Å². The van der Waals surface area contributed by atoms with E-state index in [9.17, 15) is 57.5 Å². The standard InChI is InChI=1S/C9H9F7O13S2/c10-7(11,8(12,13)14)9(15,16)27-6-4(29-31(23,24)25)2(28-30(20,21)22)1(17)3(26-6)5(18)19/h1-4,6,17H,(H,18,19)(H,20,21,22)(H,23,24,25)/t1-,2-,3-,4+,6+/m0/s1. The molecule has 0 aliphatic carbocycles. The Labute approximate surface area is 166 Å². The number of alkyl halides is 7. The van der Waals surface area contributed by atoms with Gasteiger partial charge in [-0.3, -0.25) is 13.8 Å². The number of aliphatic hydroxyl groups is 1. The van der Waals surface area contributed by atoms with E-state index in [0.717, 1.165) is 0 Å². The molecule has 0 aromatic heterocycles. The number of aliphatic carboxylic acids is 1. The maximum absolute atomic E-state index is 13.5. The summed E-state index contributed by atoms with van der Waals surface area (Å²) in [5.74, 6) is -9.44. The number of halogens is 7. The highest BCUT2D eigenvalue weighted by Gasteiger charge is 2.76. The van der Waals surface area contributed by atoms with Crippen molar-refractivity contribution in [2.45, 2.75) is 48.9 Å². The molecule has 0 radical (unpaired) electrons. The first-order valence-electron chi connectivity index (χ1n) is 6.88. The molecule has 22 heteroatoms. The minimum Gasteiger partial charge on any atom is -0.479 e. The van der Waals surface area contributed by atoms with Crippen molar-refractivity contribution < 1.29 is 89.5 Å². The van der Waals surface area contributed by atoms with Crippen LogP contribution in [-0.2, 0) is 43.4 Å². The van der Waals surface area contributed by atoms with Crippen molar-refractivity contribution >= 4 is 26.8 Å². The number of hydrogen-bond donors (Lipinski definition) is 4. The van der Waals surface area contributed by atoms with Crippen LogP contribution in [0.5, 0.6) is 0 Å². The first kappa shape index (κ1) is 27.6. The van der Waals surface area contributed by atoms with Gasteiger partial charge in [-0.15, -0.1) is 0 Å². The number of carbonyl (C=O) groups is 1. The van der Waals surface area contributed by atoms with Crippen molar-refractivity contribution in [2.75, 3.05) is 0 Å². The van der Waals surface area contributed by atoms with Gasteiger partial charge in [-0.25, -0.2) is 13.2 Å². The Kier molecular flexibility index (Phi) is 7.59. The normalized spacial score (nSPS) is 29.0. The largest absolute Gasteiger partial charge is 0.479 e. The van der Waals surface area contributed by atoms with Crippen molar-refractivity contribution in [1.82, 2.24) is 0 Å². The number of aliphatic hydroxyl groups excluding tert-OH is 1. The number of rotatable bonds is 8. The third-order valence-electron chi connectivity index (χ3n) is 3.21. The first-order chi connectivity index (χ1) is 13.5. The Balaban J connectivity index is 3.54. The zero-order valence-corrected chi connectivity index (χ0v) is 15.4. The maximum Gasteiger partial charge on any atom is 0.462 e. The molecule has 0 spiro atoms. The molecule has 0 aromatic carbocycles. The van der Waals surface area contributed by atoms with Crippen LogP contribution in [0, 0.1) is 0 Å². The summed E-state index contributed by atoms with van der Waals surface area (Å²) in [4.78, 5) is 11.0. The zero-order chi connectivity index (χ0) is 24.8. The molecule has 1 aliphatic rings. The number of carboxylic acids is 1. The molecule has 0 saturated carbocycles. The van der Waals surface area contributed by atoms with Crippen LogP contribution in [-0.4, -0.2) is 91.0 Å². The van der Waals surface area contributed by atoms with Gasteiger partial charge in [0.05, 0.1) is 0 Å². The highest BCUT2D eigenvalue weighted by Crippen LogP contribution is 2.48. The molecule has 0 unspecified atom stereocenters. The fraction of sp³-hybridized carbons (Fsp3) is 0.889. The predicted molar refractivity (Wildman–Crippen MR) is 72.2 cm³/mol. The topological polar surface area (TPSA) is 203 Å². The van der Waals surface area contributed by atoms with E-state index in [-0.39, 0.29) is 0 Å². The fourth-order valence-corrected chi connectivity index (χ4v) is 2.99. The molecule has 1 rings (SSSR count). The lowest BCUT2D eigenvalue weighted by Gasteiger charge is -2.42. The molecule has 0 aromatic rings. The SMILES string of the molecule is O=C(O)[C@H]1O[C@H](OC(F)(F)C(F)(F)C(F)(F)F)[C@H](OS(=O)(=O)O)[C@@H](OS(=O)(=O)O)[C@@H]1O. The summed E-state index contributed by atoms with van der Waals surface area (Å²) in [7, 11) is -11.8. The summed E-state index contributed by atoms with van der Waals surface area (Å²) < 4.78 is 165. The van der Waals surface area contributed by atoms with Gasteiger partial charge >= 0.3 is 45.0 Å². The quantitative estimate of drug-likeness (QED) is 0.231. The Morgan fingerprint density at radius 2 is 1.29 bits per heavy atom. The van der Waals surface area contributed by atoms with Gasteiger partial charge in [0.25, 0.3) is 0 Å². The molecule has 0 bridgehead atoms. The van der Waals surface area contributed by atoms with E-state index < -0.39 is 75.7 Å². The Morgan fingerprint density at radius 3 is 1.65 bits per heavy atom. The van der Waals surface area contributed by atoms with Gasteiger partial charge < -0.3 is 14.9 Å². The van der Waals surface area contributed by atoms with E-state index in [4.69, 9.17) is 14.2 Å². The van der Waals surface area contributed by atoms with E-state index in [0.29, 0.717) is 0 Å². The van der Waals surface area contributed by atoms with Gasteiger partial charge in [-0.2, -0.15) is 47.6 Å². The van der Waals surface area contributed by atoms with Gasteiger partial charge in [0, 0.05) is 0 Å². The lowest BCUT2D eigenvalue weighted by molar-refractivity contribution is -0.459. The lowest BCUT2D eigenvalue weighted by atomic mass is 9.99. The van der Waals surface area contributed by atoms with Crippen LogP contribution < -0.4 is 0 Å². The van der Waals surface area contributed by atoms with Gasteiger partial charge in [0.2, 0.25) is 0 Å². The monoisotopic (exact) mass is 522 g/mol. The van der Waals surface area contributed by atoms with Crippen molar-refractivity contribution in [2.24, 2.45) is 0 Å². The number of ether oxygens (including phenoxy) is 2. The molecular weight excluding hydrogens is 513 g/mol. The van der Waals surface area contributed by atoms with Crippen LogP contribution >= 0.6 is 0 Å². The van der Waals surface area contributed by atoms with Crippen molar-refractivity contribution in [3.05, 3.63) is 0 Å². The smallest absolute Gasteiger partial charge is 0.462 e. The highest BCUT2D eigenvalue weighted by molar-refractivity contribution is 7.81. The number of hydrogen-bond acceptors (Lipinski definition) is 10. The predicted octanol–water partition coefficient (Wildman–Crippen LogP) is -0.660. The third kappa shape index (κ3) is 6.55. The summed E-state index contributed by atoms with van der Waals surface area (Å²) >= 11 is 0. The molecule has 5 atom stereocenters. The highest BCUT2D eigenvalue weighted by atomic mass is 32.3. The van der Waals surface area contributed by atoms with Gasteiger partial charge in [0.1, 0.15) is 12.2 Å². The van der Waals surface area contributed by atoms with E-state index in [1.807, 2.05) is 0 Å². The van der Waals surface area contributed by atoms with Crippen LogP contribution in [0.1, 0.15) is 0 Å². The summed E-state index contributed by atoms with van der Waals surface area (Å²) in [5.41, 5.74) is 0. The molecule has 13 nitrogen and oxygen atoms in total. The van der Waals surface area contributed by atoms with Crippen LogP contribution in [0.4, 0.5) is 30.7 Å². The van der Waals surface area contributed by atoms with Crippen LogP contribution in [0.3, 0.4) is 0 Å². The summed E-state index contributed by atoms with van der Waals surface area (Å²) in [6.07, 6.45) is -29.9. The van der Waals surface area contributed by atoms with E-state index in [2.05, 4.69) is 17.8 Å². The summed E-state index contributed by atoms with van der Waals surface area (Å²) in [6, 6.07) is 0. The van der Waals surface area contributed by atoms with Crippen LogP contribution in [0.25, 0.3) is 0 Å². The number of carboxylic acid groups (broad SMARTS) is 1. The molecule has 4 N–H and O–H groups in total. The van der Waals surface area contributed by atoms with E-state index >= 15 is 0 Å². The second-order valence-electron chi connectivity index (χ2n) is 5.44. The van der Waals surface area contributed by atoms with E-state index in [1.165, 1.54) is 0 Å². The maximum atomic E-state index is 13.5. The summed E-state index contributed by atoms with van der Waals surface area (Å²) in [5, 5.41) is 18.5. The van der Waals surface area contributed by atoms with Gasteiger partial charge in [-0.1, -0.05) is 0 Å². The molecule has 184 valence electrons. The average Bonchev–Trinajstić information content (AvgIpc) is 2.49. The van der Waals surface area contributed by atoms with E-state index in [1.54, 1.807) is 0 Å². The molecular formula is C9H9F7O13S2. The zero-order valence-electron chi connectivity index (χ0n) is 13.8. The lowest BCUT2D eigenvalue weighted by Crippen LogP contribution is -2.65. The molecule has 0 amide bonds. The second kappa shape index (κ2) is 8.51.